The topological polar surface area (TPSA) is 102 Å². The third-order valence-electron chi connectivity index (χ3n) is 6.42. The number of para-hydroxylation sites is 1. The van der Waals surface area contributed by atoms with E-state index in [0.29, 0.717) is 24.4 Å². The molecule has 1 saturated heterocycles. The Morgan fingerprint density at radius 2 is 1.97 bits per heavy atom. The molecule has 0 radical (unpaired) electrons. The summed E-state index contributed by atoms with van der Waals surface area (Å²) in [6, 6.07) is 17.9. The van der Waals surface area contributed by atoms with E-state index in [1.807, 2.05) is 55.5 Å². The molecule has 0 unspecified atom stereocenters. The highest BCUT2D eigenvalue weighted by atomic mass is 16.5. The standard InChI is InChI=1S/C27H29N5O4/c1-19-10-12-20(13-11-19)26(27(34)28-16-21-6-4-14-35-21)31(17-22-7-5-15-36-22)25(33)18-32-24-9-3-2-8-23(24)29-30-32/h2-4,6,8-14,22,26H,5,7,15-18H2,1H3,(H,28,34)/t22-,26+/m0/s1. The Morgan fingerprint density at radius 3 is 2.72 bits per heavy atom. The van der Waals surface area contributed by atoms with Gasteiger partial charge in [-0.1, -0.05) is 47.2 Å². The predicted octanol–water partition coefficient (Wildman–Crippen LogP) is 3.40. The Balaban J connectivity index is 1.46. The van der Waals surface area contributed by atoms with Crippen LogP contribution in [0, 0.1) is 6.92 Å². The first kappa shape index (κ1) is 23.7. The number of benzene rings is 2. The van der Waals surface area contributed by atoms with Gasteiger partial charge in [-0.25, -0.2) is 4.68 Å². The maximum atomic E-state index is 13.8. The molecule has 0 bridgehead atoms. The highest BCUT2D eigenvalue weighted by Crippen LogP contribution is 2.26. The van der Waals surface area contributed by atoms with E-state index in [0.717, 1.165) is 29.5 Å². The summed E-state index contributed by atoms with van der Waals surface area (Å²) in [6.07, 6.45) is 3.20. The molecule has 3 heterocycles. The molecule has 0 spiro atoms. The molecule has 4 aromatic rings. The molecule has 2 aromatic carbocycles. The number of carbonyl (C=O) groups is 2. The smallest absolute Gasteiger partial charge is 0.247 e. The van der Waals surface area contributed by atoms with Crippen LogP contribution in [0.25, 0.3) is 11.0 Å². The van der Waals surface area contributed by atoms with Gasteiger partial charge in [0.2, 0.25) is 11.8 Å². The van der Waals surface area contributed by atoms with E-state index in [1.54, 1.807) is 28.0 Å². The van der Waals surface area contributed by atoms with Crippen molar-refractivity contribution >= 4 is 22.8 Å². The van der Waals surface area contributed by atoms with Gasteiger partial charge >= 0.3 is 0 Å². The summed E-state index contributed by atoms with van der Waals surface area (Å²) in [6.45, 7) is 3.13. The molecule has 1 aliphatic heterocycles. The second kappa shape index (κ2) is 10.7. The van der Waals surface area contributed by atoms with Gasteiger partial charge in [0.25, 0.3) is 0 Å². The Labute approximate surface area is 209 Å². The predicted molar refractivity (Wildman–Crippen MR) is 133 cm³/mol. The number of ether oxygens (including phenoxy) is 1. The van der Waals surface area contributed by atoms with Gasteiger partial charge < -0.3 is 19.4 Å². The summed E-state index contributed by atoms with van der Waals surface area (Å²) in [4.78, 5) is 29.1. The zero-order chi connectivity index (χ0) is 24.9. The first-order valence-electron chi connectivity index (χ1n) is 12.1. The summed E-state index contributed by atoms with van der Waals surface area (Å²) in [5, 5.41) is 11.3. The van der Waals surface area contributed by atoms with Crippen molar-refractivity contribution in [1.29, 1.82) is 0 Å². The van der Waals surface area contributed by atoms with Crippen molar-refractivity contribution < 1.29 is 18.7 Å². The van der Waals surface area contributed by atoms with Crippen molar-refractivity contribution in [2.45, 2.75) is 45.0 Å². The number of amides is 2. The van der Waals surface area contributed by atoms with Crippen LogP contribution in [0.4, 0.5) is 0 Å². The third-order valence-corrected chi connectivity index (χ3v) is 6.42. The van der Waals surface area contributed by atoms with Gasteiger partial charge in [0.15, 0.2) is 0 Å². The third kappa shape index (κ3) is 5.31. The molecule has 36 heavy (non-hydrogen) atoms. The van der Waals surface area contributed by atoms with E-state index in [2.05, 4.69) is 15.6 Å². The van der Waals surface area contributed by atoms with Crippen LogP contribution in [0.3, 0.4) is 0 Å². The summed E-state index contributed by atoms with van der Waals surface area (Å²) in [5.41, 5.74) is 3.27. The van der Waals surface area contributed by atoms with Crippen LogP contribution in [-0.2, 0) is 27.4 Å². The van der Waals surface area contributed by atoms with Gasteiger partial charge in [-0.05, 0) is 49.6 Å². The van der Waals surface area contributed by atoms with Crippen LogP contribution in [0.1, 0.15) is 35.8 Å². The van der Waals surface area contributed by atoms with Gasteiger partial charge in [-0.3, -0.25) is 9.59 Å². The number of nitrogens with one attached hydrogen (secondary N) is 1. The Hall–Kier alpha value is -3.98. The molecule has 2 atom stereocenters. The highest BCUT2D eigenvalue weighted by Gasteiger charge is 2.34. The van der Waals surface area contributed by atoms with Crippen LogP contribution in [0.15, 0.2) is 71.3 Å². The number of fused-ring (bicyclic) bond motifs is 1. The van der Waals surface area contributed by atoms with Gasteiger partial charge in [0.05, 0.1) is 24.4 Å². The molecule has 0 saturated carbocycles. The molecule has 5 rings (SSSR count). The molecule has 2 amide bonds. The van der Waals surface area contributed by atoms with Crippen molar-refractivity contribution in [1.82, 2.24) is 25.2 Å². The lowest BCUT2D eigenvalue weighted by Crippen LogP contribution is -2.47. The lowest BCUT2D eigenvalue weighted by molar-refractivity contribution is -0.143. The maximum absolute atomic E-state index is 13.8. The number of rotatable bonds is 9. The molecular formula is C27H29N5O4. The number of furan rings is 1. The molecule has 2 aromatic heterocycles. The summed E-state index contributed by atoms with van der Waals surface area (Å²) in [7, 11) is 0. The fourth-order valence-corrected chi connectivity index (χ4v) is 4.52. The van der Waals surface area contributed by atoms with Crippen molar-refractivity contribution in [2.24, 2.45) is 0 Å². The molecule has 1 fully saturated rings. The Bertz CT molecular complexity index is 1310. The SMILES string of the molecule is Cc1ccc([C@H](C(=O)NCc2ccco2)N(C[C@@H]2CCCO2)C(=O)Cn2nnc3ccccc32)cc1. The fraction of sp³-hybridized carbons (Fsp3) is 0.333. The zero-order valence-electron chi connectivity index (χ0n) is 20.2. The first-order valence-corrected chi connectivity index (χ1v) is 12.1. The number of aryl methyl sites for hydroxylation is 1. The molecule has 1 N–H and O–H groups in total. The van der Waals surface area contributed by atoms with Crippen LogP contribution < -0.4 is 5.32 Å². The number of hydrogen-bond donors (Lipinski definition) is 1. The minimum Gasteiger partial charge on any atom is -0.467 e. The van der Waals surface area contributed by atoms with Gasteiger partial charge in [-0.15, -0.1) is 5.10 Å². The van der Waals surface area contributed by atoms with Gasteiger partial charge in [0.1, 0.15) is 23.9 Å². The molecule has 9 nitrogen and oxygen atoms in total. The average Bonchev–Trinajstić information content (AvgIpc) is 3.67. The van der Waals surface area contributed by atoms with Crippen LogP contribution >= 0.6 is 0 Å². The lowest BCUT2D eigenvalue weighted by Gasteiger charge is -2.33. The minimum atomic E-state index is -0.841. The van der Waals surface area contributed by atoms with Gasteiger partial charge in [-0.2, -0.15) is 0 Å². The van der Waals surface area contributed by atoms with E-state index < -0.39 is 6.04 Å². The second-order valence-corrected chi connectivity index (χ2v) is 9.03. The number of hydrogen-bond acceptors (Lipinski definition) is 6. The molecule has 0 aliphatic carbocycles. The van der Waals surface area contributed by atoms with Crippen LogP contribution in [0.5, 0.6) is 0 Å². The molecular weight excluding hydrogens is 458 g/mol. The molecule has 9 heteroatoms. The van der Waals surface area contributed by atoms with E-state index in [4.69, 9.17) is 9.15 Å². The zero-order valence-corrected chi connectivity index (χ0v) is 20.2. The fourth-order valence-electron chi connectivity index (χ4n) is 4.52. The monoisotopic (exact) mass is 487 g/mol. The quantitative estimate of drug-likeness (QED) is 0.388. The van der Waals surface area contributed by atoms with Crippen LogP contribution in [0.2, 0.25) is 0 Å². The van der Waals surface area contributed by atoms with E-state index in [-0.39, 0.29) is 31.0 Å². The number of aromatic nitrogens is 3. The highest BCUT2D eigenvalue weighted by molar-refractivity contribution is 5.89. The Kier molecular flexibility index (Phi) is 7.08. The molecule has 1 aliphatic rings. The van der Waals surface area contributed by atoms with Crippen molar-refractivity contribution in [3.8, 4) is 0 Å². The summed E-state index contributed by atoms with van der Waals surface area (Å²) < 4.78 is 12.8. The first-order chi connectivity index (χ1) is 17.6. The van der Waals surface area contributed by atoms with E-state index >= 15 is 0 Å². The average molecular weight is 488 g/mol. The lowest BCUT2D eigenvalue weighted by atomic mass is 10.0. The van der Waals surface area contributed by atoms with Crippen LogP contribution in [-0.4, -0.2) is 51.0 Å². The van der Waals surface area contributed by atoms with Gasteiger partial charge in [0, 0.05) is 13.2 Å². The second-order valence-electron chi connectivity index (χ2n) is 9.03. The molecule has 186 valence electrons. The summed E-state index contributed by atoms with van der Waals surface area (Å²) >= 11 is 0. The van der Waals surface area contributed by atoms with Crippen molar-refractivity contribution in [2.75, 3.05) is 13.2 Å². The van der Waals surface area contributed by atoms with Crippen molar-refractivity contribution in [3.63, 3.8) is 0 Å². The van der Waals surface area contributed by atoms with E-state index in [1.165, 1.54) is 0 Å². The minimum absolute atomic E-state index is 0.0406. The van der Waals surface area contributed by atoms with Crippen molar-refractivity contribution in [3.05, 3.63) is 83.8 Å². The normalized spacial score (nSPS) is 16.2. The number of carbonyl (C=O) groups excluding carboxylic acids is 2. The maximum Gasteiger partial charge on any atom is 0.247 e. The largest absolute Gasteiger partial charge is 0.467 e. The Morgan fingerprint density at radius 1 is 1.14 bits per heavy atom. The van der Waals surface area contributed by atoms with E-state index in [9.17, 15) is 9.59 Å². The number of nitrogens with zero attached hydrogens (tertiary/aromatic N) is 4. The summed E-state index contributed by atoms with van der Waals surface area (Å²) in [5.74, 6) is 0.113.